The van der Waals surface area contributed by atoms with Crippen LogP contribution in [-0.4, -0.2) is 44.4 Å². The lowest BCUT2D eigenvalue weighted by molar-refractivity contribution is -0.174. The summed E-state index contributed by atoms with van der Waals surface area (Å²) in [7, 11) is 0. The Kier molecular flexibility index (Phi) is 3.99. The number of carbonyl (C=O) groups excluding carboxylic acids is 1. The highest BCUT2D eigenvalue weighted by Crippen LogP contribution is 2.56. The summed E-state index contributed by atoms with van der Waals surface area (Å²) in [5.41, 5.74) is 1.48. The molecular weight excluding hydrogens is 330 g/mol. The van der Waals surface area contributed by atoms with Gasteiger partial charge < -0.3 is 14.4 Å². The van der Waals surface area contributed by atoms with Crippen molar-refractivity contribution in [2.45, 2.75) is 58.6 Å². The molecule has 3 heterocycles. The van der Waals surface area contributed by atoms with Gasteiger partial charge in [0.15, 0.2) is 5.76 Å². The monoisotopic (exact) mass is 357 g/mol. The minimum Gasteiger partial charge on any atom is -0.454 e. The first-order chi connectivity index (χ1) is 12.3. The van der Waals surface area contributed by atoms with Gasteiger partial charge >= 0.3 is 0 Å². The minimum atomic E-state index is -0.570. The Labute approximate surface area is 153 Å². The highest BCUT2D eigenvalue weighted by atomic mass is 16.4. The SMILES string of the molecule is Cc1cc(C)n(Cc2ccc(C(=O)N3CCC4(CC3)CCC4(C)O)o2)n1. The second kappa shape index (κ2) is 5.98. The summed E-state index contributed by atoms with van der Waals surface area (Å²) in [5, 5.41) is 14.9. The van der Waals surface area contributed by atoms with Gasteiger partial charge in [-0.1, -0.05) is 0 Å². The number of furan rings is 1. The molecule has 2 aromatic rings. The van der Waals surface area contributed by atoms with Gasteiger partial charge in [0, 0.05) is 24.2 Å². The number of nitrogens with zero attached hydrogens (tertiary/aromatic N) is 3. The van der Waals surface area contributed by atoms with E-state index in [9.17, 15) is 9.90 Å². The largest absolute Gasteiger partial charge is 0.454 e. The first-order valence-corrected chi connectivity index (χ1v) is 9.41. The first kappa shape index (κ1) is 17.3. The Bertz CT molecular complexity index is 825. The number of carbonyl (C=O) groups is 1. The Hall–Kier alpha value is -2.08. The topological polar surface area (TPSA) is 71.5 Å². The number of piperidine rings is 1. The van der Waals surface area contributed by atoms with Gasteiger partial charge in [0.25, 0.3) is 5.91 Å². The molecule has 1 saturated carbocycles. The van der Waals surface area contributed by atoms with E-state index in [4.69, 9.17) is 4.42 Å². The third-order valence-corrected chi connectivity index (χ3v) is 6.52. The molecule has 4 rings (SSSR count). The Morgan fingerprint density at radius 1 is 1.23 bits per heavy atom. The third kappa shape index (κ3) is 2.76. The second-order valence-electron chi connectivity index (χ2n) is 8.20. The normalized spacial score (nSPS) is 24.7. The smallest absolute Gasteiger partial charge is 0.289 e. The molecule has 2 fully saturated rings. The van der Waals surface area contributed by atoms with Crippen molar-refractivity contribution < 1.29 is 14.3 Å². The molecule has 1 saturated heterocycles. The Balaban J connectivity index is 1.40. The lowest BCUT2D eigenvalue weighted by atomic mass is 9.53. The van der Waals surface area contributed by atoms with Gasteiger partial charge in [-0.3, -0.25) is 9.48 Å². The number of likely N-dealkylation sites (tertiary alicyclic amines) is 1. The van der Waals surface area contributed by atoms with E-state index in [2.05, 4.69) is 5.10 Å². The summed E-state index contributed by atoms with van der Waals surface area (Å²) in [6.45, 7) is 7.80. The van der Waals surface area contributed by atoms with Crippen molar-refractivity contribution in [3.8, 4) is 0 Å². The second-order valence-corrected chi connectivity index (χ2v) is 8.20. The van der Waals surface area contributed by atoms with Crippen LogP contribution in [0.25, 0.3) is 0 Å². The van der Waals surface area contributed by atoms with Crippen molar-refractivity contribution in [1.29, 1.82) is 0 Å². The van der Waals surface area contributed by atoms with Crippen molar-refractivity contribution in [3.63, 3.8) is 0 Å². The maximum Gasteiger partial charge on any atom is 0.289 e. The zero-order chi connectivity index (χ0) is 18.5. The quantitative estimate of drug-likeness (QED) is 0.917. The molecule has 1 N–H and O–H groups in total. The summed E-state index contributed by atoms with van der Waals surface area (Å²) in [6, 6.07) is 5.63. The van der Waals surface area contributed by atoms with Crippen LogP contribution in [0.5, 0.6) is 0 Å². The summed E-state index contributed by atoms with van der Waals surface area (Å²) in [5.74, 6) is 1.06. The van der Waals surface area contributed by atoms with Crippen LogP contribution in [-0.2, 0) is 6.54 Å². The van der Waals surface area contributed by atoms with Crippen LogP contribution < -0.4 is 0 Å². The van der Waals surface area contributed by atoms with Gasteiger partial charge in [-0.25, -0.2) is 0 Å². The third-order valence-electron chi connectivity index (χ3n) is 6.52. The fraction of sp³-hybridized carbons (Fsp3) is 0.600. The molecule has 1 unspecified atom stereocenters. The Morgan fingerprint density at radius 2 is 1.96 bits per heavy atom. The molecule has 140 valence electrons. The number of hydrogen-bond donors (Lipinski definition) is 1. The molecule has 0 radical (unpaired) electrons. The molecule has 0 bridgehead atoms. The van der Waals surface area contributed by atoms with Crippen molar-refractivity contribution in [2.75, 3.05) is 13.1 Å². The van der Waals surface area contributed by atoms with Gasteiger partial charge in [0.05, 0.1) is 17.8 Å². The molecule has 1 spiro atoms. The predicted octanol–water partition coefficient (Wildman–Crippen LogP) is 2.91. The lowest BCUT2D eigenvalue weighted by Crippen LogP contribution is -2.60. The number of aromatic nitrogens is 2. The predicted molar refractivity (Wildman–Crippen MR) is 96.9 cm³/mol. The molecule has 2 aromatic heterocycles. The van der Waals surface area contributed by atoms with Crippen LogP contribution >= 0.6 is 0 Å². The highest BCUT2D eigenvalue weighted by molar-refractivity contribution is 5.91. The molecule has 1 amide bonds. The zero-order valence-electron chi connectivity index (χ0n) is 15.8. The van der Waals surface area contributed by atoms with Crippen molar-refractivity contribution in [2.24, 2.45) is 5.41 Å². The first-order valence-electron chi connectivity index (χ1n) is 9.41. The van der Waals surface area contributed by atoms with Gasteiger partial charge in [-0.15, -0.1) is 0 Å². The summed E-state index contributed by atoms with van der Waals surface area (Å²) >= 11 is 0. The fourth-order valence-corrected chi connectivity index (χ4v) is 4.48. The average Bonchev–Trinajstić information content (AvgIpc) is 3.20. The van der Waals surface area contributed by atoms with E-state index in [-0.39, 0.29) is 11.3 Å². The van der Waals surface area contributed by atoms with E-state index < -0.39 is 5.60 Å². The van der Waals surface area contributed by atoms with Crippen LogP contribution in [0.2, 0.25) is 0 Å². The number of aryl methyl sites for hydroxylation is 2. The van der Waals surface area contributed by atoms with E-state index in [0.717, 1.165) is 42.8 Å². The molecule has 1 aliphatic carbocycles. The molecule has 2 aliphatic rings. The molecule has 0 aromatic carbocycles. The van der Waals surface area contributed by atoms with Crippen LogP contribution in [0, 0.1) is 19.3 Å². The highest BCUT2D eigenvalue weighted by Gasteiger charge is 2.55. The summed E-state index contributed by atoms with van der Waals surface area (Å²) < 4.78 is 7.68. The summed E-state index contributed by atoms with van der Waals surface area (Å²) in [4.78, 5) is 14.6. The fourth-order valence-electron chi connectivity index (χ4n) is 4.48. The van der Waals surface area contributed by atoms with Crippen LogP contribution in [0.4, 0.5) is 0 Å². The van der Waals surface area contributed by atoms with Crippen molar-refractivity contribution in [1.82, 2.24) is 14.7 Å². The van der Waals surface area contributed by atoms with Crippen LogP contribution in [0.1, 0.15) is 60.3 Å². The molecule has 6 heteroatoms. The number of aliphatic hydroxyl groups is 1. The van der Waals surface area contributed by atoms with E-state index in [1.54, 1.807) is 6.07 Å². The van der Waals surface area contributed by atoms with Gasteiger partial charge in [-0.05, 0) is 64.7 Å². The van der Waals surface area contributed by atoms with E-state index >= 15 is 0 Å². The zero-order valence-corrected chi connectivity index (χ0v) is 15.8. The van der Waals surface area contributed by atoms with E-state index in [0.29, 0.717) is 25.4 Å². The molecule has 1 atom stereocenters. The van der Waals surface area contributed by atoms with Gasteiger partial charge in [0.1, 0.15) is 5.76 Å². The minimum absolute atomic E-state index is 0.00752. The maximum absolute atomic E-state index is 12.8. The molecule has 1 aliphatic heterocycles. The molecular formula is C20H27N3O3. The number of rotatable bonds is 3. The van der Waals surface area contributed by atoms with Crippen LogP contribution in [0.15, 0.2) is 22.6 Å². The van der Waals surface area contributed by atoms with Crippen LogP contribution in [0.3, 0.4) is 0 Å². The van der Waals surface area contributed by atoms with Crippen molar-refractivity contribution in [3.05, 3.63) is 41.1 Å². The molecule has 26 heavy (non-hydrogen) atoms. The maximum atomic E-state index is 12.8. The molecule has 6 nitrogen and oxygen atoms in total. The lowest BCUT2D eigenvalue weighted by Gasteiger charge is -2.58. The van der Waals surface area contributed by atoms with E-state index in [1.165, 1.54) is 0 Å². The standard InChI is InChI=1S/C20H27N3O3/c1-14-12-15(2)23(21-14)13-16-4-5-17(26-16)18(24)22-10-8-20(9-11-22)7-6-19(20,3)25/h4-5,12,25H,6-11,13H2,1-3H3. The van der Waals surface area contributed by atoms with Gasteiger partial charge in [0.2, 0.25) is 0 Å². The Morgan fingerprint density at radius 3 is 2.50 bits per heavy atom. The van der Waals surface area contributed by atoms with Crippen molar-refractivity contribution >= 4 is 5.91 Å². The number of amides is 1. The average molecular weight is 357 g/mol. The number of hydrogen-bond acceptors (Lipinski definition) is 4. The van der Waals surface area contributed by atoms with E-state index in [1.807, 2.05) is 42.5 Å². The summed E-state index contributed by atoms with van der Waals surface area (Å²) in [6.07, 6.45) is 3.67. The van der Waals surface area contributed by atoms with Gasteiger partial charge in [-0.2, -0.15) is 5.10 Å².